The van der Waals surface area contributed by atoms with Crippen LogP contribution in [-0.2, 0) is 0 Å². The van der Waals surface area contributed by atoms with E-state index < -0.39 is 0 Å². The summed E-state index contributed by atoms with van der Waals surface area (Å²) < 4.78 is 4.88. The molecule has 0 spiro atoms. The fourth-order valence-corrected chi connectivity index (χ4v) is 5.46. The molecule has 3 aromatic rings. The van der Waals surface area contributed by atoms with Crippen LogP contribution in [0.2, 0.25) is 0 Å². The van der Waals surface area contributed by atoms with Crippen molar-refractivity contribution in [2.75, 3.05) is 0 Å². The Morgan fingerprint density at radius 3 is 3.00 bits per heavy atom. The molecule has 0 fully saturated rings. The van der Waals surface area contributed by atoms with Crippen LogP contribution in [0.15, 0.2) is 89.5 Å². The van der Waals surface area contributed by atoms with Crippen molar-refractivity contribution in [1.29, 1.82) is 0 Å². The topological polar surface area (TPSA) is 17.3 Å². The van der Waals surface area contributed by atoms with Crippen LogP contribution in [0.25, 0.3) is 22.9 Å². The van der Waals surface area contributed by atoms with E-state index in [9.17, 15) is 0 Å². The van der Waals surface area contributed by atoms with Gasteiger partial charge < -0.3 is 0 Å². The number of benzene rings is 1. The third-order valence-corrected chi connectivity index (χ3v) is 7.23. The summed E-state index contributed by atoms with van der Waals surface area (Å²) in [5, 5.41) is 0. The monoisotopic (exact) mass is 451 g/mol. The van der Waals surface area contributed by atoms with E-state index in [1.807, 2.05) is 24.7 Å². The van der Waals surface area contributed by atoms with E-state index in [4.69, 9.17) is 4.98 Å². The Bertz CT molecular complexity index is 1050. The van der Waals surface area contributed by atoms with Gasteiger partial charge in [-0.05, 0) is 0 Å². The second-order valence-corrected chi connectivity index (χ2v) is 9.23. The normalized spacial score (nSPS) is 16.7. The predicted octanol–water partition coefficient (Wildman–Crippen LogP) is 2.55. The second kappa shape index (κ2) is 7.46. The zero-order valence-corrected chi connectivity index (χ0v) is 16.8. The summed E-state index contributed by atoms with van der Waals surface area (Å²) in [7, 11) is 0. The predicted molar refractivity (Wildman–Crippen MR) is 105 cm³/mol. The molecule has 0 N–H and O–H groups in total. The van der Waals surface area contributed by atoms with Crippen LogP contribution in [0.4, 0.5) is 0 Å². The molecule has 26 heavy (non-hydrogen) atoms. The summed E-state index contributed by atoms with van der Waals surface area (Å²) in [6.07, 6.45) is 17.1. The Balaban J connectivity index is 1.81. The van der Waals surface area contributed by atoms with Gasteiger partial charge in [0.05, 0.1) is 0 Å². The van der Waals surface area contributed by atoms with Gasteiger partial charge in [-0.25, -0.2) is 0 Å². The van der Waals surface area contributed by atoms with Gasteiger partial charge in [-0.1, -0.05) is 0 Å². The summed E-state index contributed by atoms with van der Waals surface area (Å²) in [6, 6.07) is 12.8. The third-order valence-electron chi connectivity index (χ3n) is 4.37. The number of pyridine rings is 1. The van der Waals surface area contributed by atoms with E-state index in [1.54, 1.807) is 0 Å². The Morgan fingerprint density at radius 2 is 2.12 bits per heavy atom. The summed E-state index contributed by atoms with van der Waals surface area (Å²) in [6.45, 7) is 6.15. The number of nitrogens with zero attached hydrogens (tertiary/aromatic N) is 2. The van der Waals surface area contributed by atoms with Crippen molar-refractivity contribution in [3.05, 3.63) is 98.6 Å². The molecule has 0 saturated heterocycles. The number of rotatable bonds is 4. The fraction of sp³-hybridized carbons (Fsp3) is 0.0870. The third kappa shape index (κ3) is 3.44. The van der Waals surface area contributed by atoms with Crippen LogP contribution in [0.3, 0.4) is 0 Å². The van der Waals surface area contributed by atoms with Crippen LogP contribution in [0.5, 0.6) is 0 Å². The number of halogens is 1. The quantitative estimate of drug-likeness (QED) is 0.558. The van der Waals surface area contributed by atoms with E-state index >= 15 is 0 Å². The van der Waals surface area contributed by atoms with Crippen LogP contribution in [0, 0.1) is 9.49 Å². The van der Waals surface area contributed by atoms with E-state index in [-0.39, 0.29) is 21.2 Å². The molecule has 1 aliphatic carbocycles. The van der Waals surface area contributed by atoms with Crippen LogP contribution >= 0.6 is 0 Å². The molecule has 0 bridgehead atoms. The molecule has 3 heteroatoms. The number of fused-ring (bicyclic) bond motifs is 1. The number of hydrogen-bond donors (Lipinski definition) is 0. The van der Waals surface area contributed by atoms with Crippen molar-refractivity contribution in [3.63, 3.8) is 0 Å². The van der Waals surface area contributed by atoms with Gasteiger partial charge in [-0.3, -0.25) is 0 Å². The summed E-state index contributed by atoms with van der Waals surface area (Å²) in [5.41, 5.74) is 4.53. The van der Waals surface area contributed by atoms with Crippen molar-refractivity contribution in [2.24, 2.45) is 5.92 Å². The number of aromatic nitrogens is 2. The van der Waals surface area contributed by atoms with Gasteiger partial charge in [0.1, 0.15) is 0 Å². The van der Waals surface area contributed by atoms with Gasteiger partial charge in [-0.2, -0.15) is 0 Å². The van der Waals surface area contributed by atoms with Crippen molar-refractivity contribution in [1.82, 2.24) is 9.38 Å². The van der Waals surface area contributed by atoms with Crippen molar-refractivity contribution >= 4 is 11.6 Å². The second-order valence-electron chi connectivity index (χ2n) is 6.28. The van der Waals surface area contributed by atoms with Gasteiger partial charge >= 0.3 is 165 Å². The molecular weight excluding hydrogens is 431 g/mol. The first-order valence-corrected chi connectivity index (χ1v) is 10.8. The van der Waals surface area contributed by atoms with Crippen LogP contribution in [0.1, 0.15) is 12.5 Å². The Kier molecular flexibility index (Phi) is 4.89. The van der Waals surface area contributed by atoms with E-state index in [2.05, 4.69) is 78.6 Å². The van der Waals surface area contributed by atoms with Crippen molar-refractivity contribution < 1.29 is 21.2 Å². The molecule has 0 saturated carbocycles. The van der Waals surface area contributed by atoms with Crippen molar-refractivity contribution in [3.8, 4) is 11.3 Å². The maximum absolute atomic E-state index is 4.72. The van der Waals surface area contributed by atoms with Gasteiger partial charge in [0, 0.05) is 0 Å². The SMILES string of the molecule is C=Cc1ccc([I-]C2=CC=CC(C)C=C2)c(-c2ncn3ccccc23)c1. The van der Waals surface area contributed by atoms with Crippen LogP contribution < -0.4 is 21.2 Å². The summed E-state index contributed by atoms with van der Waals surface area (Å²) in [5.74, 6) is 0.493. The van der Waals surface area contributed by atoms with Crippen LogP contribution in [-0.4, -0.2) is 9.38 Å². The molecule has 1 aromatic carbocycles. The van der Waals surface area contributed by atoms with E-state index in [0.29, 0.717) is 5.92 Å². The molecule has 2 nitrogen and oxygen atoms in total. The molecule has 0 radical (unpaired) electrons. The zero-order valence-electron chi connectivity index (χ0n) is 14.6. The molecule has 4 rings (SSSR count). The molecule has 2 heterocycles. The fourth-order valence-electron chi connectivity index (χ4n) is 2.95. The Labute approximate surface area is 164 Å². The molecule has 0 aliphatic heterocycles. The number of imidazole rings is 1. The van der Waals surface area contributed by atoms with Gasteiger partial charge in [0.25, 0.3) is 0 Å². The van der Waals surface area contributed by atoms with Gasteiger partial charge in [-0.15, -0.1) is 0 Å². The number of hydrogen-bond acceptors (Lipinski definition) is 1. The van der Waals surface area contributed by atoms with Gasteiger partial charge in [0.15, 0.2) is 0 Å². The molecular formula is C23H20IN2-. The molecule has 0 amide bonds. The standard InChI is InChI=1S/C23H20IN2/c1-3-18-11-13-21(24-19-8-6-7-17(2)10-12-19)20(15-18)23-22-9-4-5-14-26(22)16-25-23/h3-17H,1H2,2H3/q-1. The molecule has 1 aliphatic rings. The molecule has 1 unspecified atom stereocenters. The maximum atomic E-state index is 4.72. The minimum atomic E-state index is -0.295. The Hall–Kier alpha value is -2.40. The van der Waals surface area contributed by atoms with E-state index in [0.717, 1.165) is 16.8 Å². The Morgan fingerprint density at radius 1 is 1.19 bits per heavy atom. The first kappa shape index (κ1) is 17.0. The average molecular weight is 451 g/mol. The van der Waals surface area contributed by atoms with Gasteiger partial charge in [0.2, 0.25) is 0 Å². The first-order valence-electron chi connectivity index (χ1n) is 8.64. The minimum absolute atomic E-state index is 0.295. The van der Waals surface area contributed by atoms with Crippen molar-refractivity contribution in [2.45, 2.75) is 6.92 Å². The molecule has 1 atom stereocenters. The first-order chi connectivity index (χ1) is 12.7. The number of allylic oxidation sites excluding steroid dienone is 6. The van der Waals surface area contributed by atoms with E-state index in [1.165, 1.54) is 12.7 Å². The average Bonchev–Trinajstić information content (AvgIpc) is 2.99. The molecule has 2 aromatic heterocycles. The summed E-state index contributed by atoms with van der Waals surface area (Å²) >= 11 is -0.295. The molecule has 130 valence electrons. The zero-order chi connectivity index (χ0) is 17.9. The summed E-state index contributed by atoms with van der Waals surface area (Å²) in [4.78, 5) is 4.72.